The number of nitrogens with zero attached hydrogens (tertiary/aromatic N) is 2. The molecule has 0 amide bonds. The van der Waals surface area contributed by atoms with Gasteiger partial charge in [-0.25, -0.2) is 0 Å². The number of ether oxygens (including phenoxy) is 1. The number of phenols is 1. The molecule has 0 radical (unpaired) electrons. The first-order valence-electron chi connectivity index (χ1n) is 12.8. The van der Waals surface area contributed by atoms with Gasteiger partial charge in [0, 0.05) is 29.6 Å². The summed E-state index contributed by atoms with van der Waals surface area (Å²) < 4.78 is 7.35. The standard InChI is InChI=1S/C28H33N3O4/c1-19(30-18-28(30,34)24-7-8-25(32)27-23(24)6-9-26(33)29-27)21-2-4-22(5-3-21)35-17-16-31-13-10-20(11-14-31)12-15-31/h2-9,19-20,34H,10-18H2,1H3,(H-,29,32,33)/p+1/t19?,20?,28-,30?,31?/m0/s1. The molecular weight excluding hydrogens is 442 g/mol. The van der Waals surface area contributed by atoms with Crippen LogP contribution in [0.3, 0.4) is 0 Å². The zero-order chi connectivity index (χ0) is 24.2. The Balaban J connectivity index is 1.12. The molecule has 0 aliphatic carbocycles. The summed E-state index contributed by atoms with van der Waals surface area (Å²) in [6.07, 6.45) is 4.15. The van der Waals surface area contributed by atoms with E-state index < -0.39 is 5.72 Å². The Labute approximate surface area is 205 Å². The lowest BCUT2D eigenvalue weighted by molar-refractivity contribution is -0.942. The summed E-state index contributed by atoms with van der Waals surface area (Å²) in [5.74, 6) is 1.86. The number of phenolic OH excluding ortho intramolecular Hbond substituents is 1. The predicted octanol–water partition coefficient (Wildman–Crippen LogP) is 3.46. The zero-order valence-electron chi connectivity index (χ0n) is 20.2. The van der Waals surface area contributed by atoms with Crippen molar-refractivity contribution in [2.45, 2.75) is 38.0 Å². The molecule has 3 atom stereocenters. The Kier molecular flexibility index (Phi) is 5.40. The lowest BCUT2D eigenvalue weighted by Gasteiger charge is -2.49. The minimum Gasteiger partial charge on any atom is -0.506 e. The summed E-state index contributed by atoms with van der Waals surface area (Å²) in [7, 11) is 0. The first-order chi connectivity index (χ1) is 16.9. The van der Waals surface area contributed by atoms with Gasteiger partial charge in [0.15, 0.2) is 5.72 Å². The number of aromatic nitrogens is 1. The SMILES string of the molecule is CC(c1ccc(OCC[N+]23CCC(CC2)CC3)cc1)N1C[C@]1(O)c1ccc(O)c2[nH]c(=O)ccc12. The lowest BCUT2D eigenvalue weighted by Crippen LogP contribution is -2.59. The number of hydrogen-bond donors (Lipinski definition) is 3. The molecular formula is C28H34N3O4+. The fraction of sp³-hybridized carbons (Fsp3) is 0.464. The molecule has 1 aromatic heterocycles. The first kappa shape index (κ1) is 22.6. The molecule has 3 aromatic rings. The van der Waals surface area contributed by atoms with Gasteiger partial charge in [0.05, 0.1) is 25.2 Å². The van der Waals surface area contributed by atoms with E-state index in [1.165, 1.54) is 55.5 Å². The van der Waals surface area contributed by atoms with Gasteiger partial charge in [-0.2, -0.15) is 0 Å². The molecule has 4 saturated heterocycles. The normalized spacial score (nSPS) is 30.3. The summed E-state index contributed by atoms with van der Waals surface area (Å²) in [6, 6.07) is 14.5. The van der Waals surface area contributed by atoms with Crippen LogP contribution in [0.2, 0.25) is 0 Å². The molecule has 4 fully saturated rings. The van der Waals surface area contributed by atoms with E-state index in [-0.39, 0.29) is 17.4 Å². The monoisotopic (exact) mass is 476 g/mol. The summed E-state index contributed by atoms with van der Waals surface area (Å²) in [4.78, 5) is 16.4. The molecule has 4 aliphatic heterocycles. The maximum atomic E-state index is 11.7. The molecule has 35 heavy (non-hydrogen) atoms. The fourth-order valence-electron chi connectivity index (χ4n) is 6.34. The van der Waals surface area contributed by atoms with Gasteiger partial charge in [-0.3, -0.25) is 9.69 Å². The smallest absolute Gasteiger partial charge is 0.248 e. The van der Waals surface area contributed by atoms with Gasteiger partial charge in [0.25, 0.3) is 0 Å². The van der Waals surface area contributed by atoms with Crippen molar-refractivity contribution < 1.29 is 19.4 Å². The predicted molar refractivity (Wildman–Crippen MR) is 134 cm³/mol. The topological polar surface area (TPSA) is 85.6 Å². The molecule has 0 spiro atoms. The molecule has 2 aromatic carbocycles. The number of benzene rings is 2. The second-order valence-corrected chi connectivity index (χ2v) is 10.7. The van der Waals surface area contributed by atoms with Crippen molar-refractivity contribution in [3.05, 3.63) is 70.0 Å². The maximum Gasteiger partial charge on any atom is 0.248 e. The number of fused-ring (bicyclic) bond motifs is 4. The first-order valence-corrected chi connectivity index (χ1v) is 12.8. The minimum atomic E-state index is -1.14. The van der Waals surface area contributed by atoms with E-state index in [0.29, 0.717) is 23.0 Å². The van der Waals surface area contributed by atoms with Gasteiger partial charge in [0.2, 0.25) is 5.56 Å². The van der Waals surface area contributed by atoms with E-state index in [2.05, 4.69) is 24.0 Å². The van der Waals surface area contributed by atoms with Crippen molar-refractivity contribution in [1.82, 2.24) is 9.88 Å². The largest absolute Gasteiger partial charge is 0.506 e. The summed E-state index contributed by atoms with van der Waals surface area (Å²) in [5.41, 5.74) is 0.704. The van der Waals surface area contributed by atoms with E-state index in [1.807, 2.05) is 17.0 Å². The Hall–Kier alpha value is -2.87. The molecule has 5 heterocycles. The number of H-pyrrole nitrogens is 1. The van der Waals surface area contributed by atoms with Crippen LogP contribution in [-0.2, 0) is 5.72 Å². The quantitative estimate of drug-likeness (QED) is 0.359. The summed E-state index contributed by atoms with van der Waals surface area (Å²) >= 11 is 0. The van der Waals surface area contributed by atoms with E-state index in [9.17, 15) is 15.0 Å². The Morgan fingerprint density at radius 1 is 1.09 bits per heavy atom. The van der Waals surface area contributed by atoms with Crippen molar-refractivity contribution in [3.63, 3.8) is 0 Å². The highest BCUT2D eigenvalue weighted by atomic mass is 16.5. The number of aliphatic hydroxyl groups is 1. The molecule has 7 rings (SSSR count). The average Bonchev–Trinajstić information content (AvgIpc) is 3.58. The average molecular weight is 477 g/mol. The molecule has 2 unspecified atom stereocenters. The van der Waals surface area contributed by atoms with Crippen LogP contribution in [0.1, 0.15) is 43.4 Å². The third kappa shape index (κ3) is 4.01. The summed E-state index contributed by atoms with van der Waals surface area (Å²) in [5, 5.41) is 22.2. The number of quaternary nitrogens is 1. The van der Waals surface area contributed by atoms with Crippen LogP contribution in [0, 0.1) is 5.92 Å². The van der Waals surface area contributed by atoms with E-state index in [1.54, 1.807) is 12.1 Å². The molecule has 2 bridgehead atoms. The number of rotatable bonds is 7. The number of nitrogens with one attached hydrogen (secondary N) is 1. The van der Waals surface area contributed by atoms with Gasteiger partial charge in [0.1, 0.15) is 24.7 Å². The van der Waals surface area contributed by atoms with Crippen molar-refractivity contribution in [1.29, 1.82) is 0 Å². The van der Waals surface area contributed by atoms with E-state index in [4.69, 9.17) is 4.74 Å². The van der Waals surface area contributed by atoms with E-state index in [0.717, 1.165) is 30.4 Å². The van der Waals surface area contributed by atoms with Crippen molar-refractivity contribution in [2.24, 2.45) is 5.92 Å². The second kappa shape index (κ2) is 8.36. The summed E-state index contributed by atoms with van der Waals surface area (Å²) in [6.45, 7) is 8.35. The Morgan fingerprint density at radius 2 is 1.80 bits per heavy atom. The molecule has 7 nitrogen and oxygen atoms in total. The second-order valence-electron chi connectivity index (χ2n) is 10.7. The van der Waals surface area contributed by atoms with Crippen LogP contribution in [0.5, 0.6) is 11.5 Å². The van der Waals surface area contributed by atoms with Gasteiger partial charge in [-0.1, -0.05) is 18.2 Å². The van der Waals surface area contributed by atoms with Crippen molar-refractivity contribution in [3.8, 4) is 11.5 Å². The van der Waals surface area contributed by atoms with E-state index >= 15 is 0 Å². The molecule has 7 heteroatoms. The molecule has 184 valence electrons. The zero-order valence-corrected chi connectivity index (χ0v) is 20.2. The van der Waals surface area contributed by atoms with Crippen molar-refractivity contribution >= 4 is 10.9 Å². The number of β-amino-alcohol motifs (C(OH)–C–C–N with tert-alkyl or cyclic N) is 1. The molecule has 3 N–H and O–H groups in total. The number of aromatic amines is 1. The maximum absolute atomic E-state index is 11.7. The van der Waals surface area contributed by atoms with Gasteiger partial charge in [-0.05, 0) is 61.9 Å². The molecule has 0 saturated carbocycles. The number of pyridine rings is 1. The van der Waals surface area contributed by atoms with Crippen LogP contribution in [0.25, 0.3) is 10.9 Å². The molecule has 4 aliphatic rings. The highest BCUT2D eigenvalue weighted by molar-refractivity contribution is 5.88. The highest BCUT2D eigenvalue weighted by Gasteiger charge is 2.55. The fourth-order valence-corrected chi connectivity index (χ4v) is 6.34. The Bertz CT molecular complexity index is 1280. The van der Waals surface area contributed by atoms with Crippen LogP contribution in [-0.4, -0.2) is 63.9 Å². The Morgan fingerprint density at radius 3 is 2.51 bits per heavy atom. The van der Waals surface area contributed by atoms with Crippen LogP contribution < -0.4 is 10.3 Å². The third-order valence-corrected chi connectivity index (χ3v) is 8.77. The lowest BCUT2D eigenvalue weighted by atomic mass is 9.86. The highest BCUT2D eigenvalue weighted by Crippen LogP contribution is 2.49. The van der Waals surface area contributed by atoms with Gasteiger partial charge in [-0.15, -0.1) is 0 Å². The van der Waals surface area contributed by atoms with Crippen molar-refractivity contribution in [2.75, 3.05) is 39.3 Å². The van der Waals surface area contributed by atoms with Gasteiger partial charge >= 0.3 is 0 Å². The number of piperidine rings is 3. The van der Waals surface area contributed by atoms with Crippen LogP contribution in [0.15, 0.2) is 53.3 Å². The number of aromatic hydroxyl groups is 1. The van der Waals surface area contributed by atoms with Gasteiger partial charge < -0.3 is 24.4 Å². The van der Waals surface area contributed by atoms with Crippen LogP contribution in [0.4, 0.5) is 0 Å². The minimum absolute atomic E-state index is 0.00421. The van der Waals surface area contributed by atoms with Crippen LogP contribution >= 0.6 is 0 Å². The number of hydrogen-bond acceptors (Lipinski definition) is 5. The third-order valence-electron chi connectivity index (χ3n) is 8.77.